The van der Waals surface area contributed by atoms with Gasteiger partial charge in [-0.3, -0.25) is 0 Å². The molecule has 19 heavy (non-hydrogen) atoms. The van der Waals surface area contributed by atoms with Gasteiger partial charge in [0.2, 0.25) is 0 Å². The standard InChI is InChI=1S/C15H27NO3/c1-6-11-18-12-15(5)7-9-16(10-8-15)13(17)19-14(2,3)4/h6H,1,7-12H2,2-5H3. The van der Waals surface area contributed by atoms with Crippen LogP contribution in [0.5, 0.6) is 0 Å². The average Bonchev–Trinajstić information content (AvgIpc) is 2.27. The molecule has 1 saturated heterocycles. The zero-order valence-corrected chi connectivity index (χ0v) is 12.7. The van der Waals surface area contributed by atoms with Gasteiger partial charge < -0.3 is 14.4 Å². The first kappa shape index (κ1) is 16.0. The predicted octanol–water partition coefficient (Wildman–Crippen LogP) is 3.23. The van der Waals surface area contributed by atoms with Crippen LogP contribution in [-0.2, 0) is 9.47 Å². The third kappa shape index (κ3) is 5.64. The minimum Gasteiger partial charge on any atom is -0.444 e. The maximum absolute atomic E-state index is 11.9. The molecule has 0 aromatic heterocycles. The fraction of sp³-hybridized carbons (Fsp3) is 0.800. The van der Waals surface area contributed by atoms with E-state index in [0.29, 0.717) is 6.61 Å². The summed E-state index contributed by atoms with van der Waals surface area (Å²) in [4.78, 5) is 13.7. The Morgan fingerprint density at radius 3 is 2.42 bits per heavy atom. The fourth-order valence-corrected chi connectivity index (χ4v) is 2.09. The van der Waals surface area contributed by atoms with E-state index in [1.807, 2.05) is 20.8 Å². The number of amides is 1. The summed E-state index contributed by atoms with van der Waals surface area (Å²) in [7, 11) is 0. The zero-order valence-electron chi connectivity index (χ0n) is 12.7. The van der Waals surface area contributed by atoms with Gasteiger partial charge in [0.05, 0.1) is 13.2 Å². The number of carbonyl (C=O) groups excluding carboxylic acids is 1. The Morgan fingerprint density at radius 2 is 1.95 bits per heavy atom. The molecule has 1 fully saturated rings. The zero-order chi connectivity index (χ0) is 14.5. The summed E-state index contributed by atoms with van der Waals surface area (Å²) in [5.41, 5.74) is -0.271. The van der Waals surface area contributed by atoms with Crippen LogP contribution < -0.4 is 0 Å². The molecule has 0 aliphatic carbocycles. The van der Waals surface area contributed by atoms with Gasteiger partial charge in [-0.05, 0) is 39.0 Å². The smallest absolute Gasteiger partial charge is 0.410 e. The molecule has 0 spiro atoms. The highest BCUT2D eigenvalue weighted by molar-refractivity contribution is 5.68. The van der Waals surface area contributed by atoms with Gasteiger partial charge in [-0.2, -0.15) is 0 Å². The molecule has 1 amide bonds. The van der Waals surface area contributed by atoms with E-state index in [1.54, 1.807) is 11.0 Å². The van der Waals surface area contributed by atoms with Crippen LogP contribution in [-0.4, -0.2) is 42.9 Å². The van der Waals surface area contributed by atoms with Crippen LogP contribution in [0, 0.1) is 5.41 Å². The van der Waals surface area contributed by atoms with Crippen molar-refractivity contribution < 1.29 is 14.3 Å². The van der Waals surface area contributed by atoms with Crippen LogP contribution in [0.1, 0.15) is 40.5 Å². The third-order valence-electron chi connectivity index (χ3n) is 3.31. The van der Waals surface area contributed by atoms with Crippen molar-refractivity contribution in [1.29, 1.82) is 0 Å². The van der Waals surface area contributed by atoms with Gasteiger partial charge in [0.1, 0.15) is 5.60 Å². The number of hydrogen-bond acceptors (Lipinski definition) is 3. The van der Waals surface area contributed by atoms with E-state index in [0.717, 1.165) is 32.5 Å². The van der Waals surface area contributed by atoms with Crippen molar-refractivity contribution in [2.24, 2.45) is 5.41 Å². The van der Waals surface area contributed by atoms with Crippen molar-refractivity contribution >= 4 is 6.09 Å². The Labute approximate surface area is 116 Å². The van der Waals surface area contributed by atoms with Gasteiger partial charge >= 0.3 is 6.09 Å². The van der Waals surface area contributed by atoms with E-state index in [-0.39, 0.29) is 11.5 Å². The lowest BCUT2D eigenvalue weighted by Gasteiger charge is -2.39. The van der Waals surface area contributed by atoms with E-state index >= 15 is 0 Å². The molecule has 110 valence electrons. The predicted molar refractivity (Wildman–Crippen MR) is 76.2 cm³/mol. The molecule has 1 aliphatic heterocycles. The van der Waals surface area contributed by atoms with E-state index in [1.165, 1.54) is 0 Å². The molecule has 0 N–H and O–H groups in total. The molecule has 0 radical (unpaired) electrons. The van der Waals surface area contributed by atoms with Crippen molar-refractivity contribution in [3.8, 4) is 0 Å². The van der Waals surface area contributed by atoms with Gasteiger partial charge in [-0.1, -0.05) is 13.0 Å². The van der Waals surface area contributed by atoms with Gasteiger partial charge in [-0.25, -0.2) is 4.79 Å². The Balaban J connectivity index is 2.39. The summed E-state index contributed by atoms with van der Waals surface area (Å²) in [6.45, 7) is 14.3. The molecular weight excluding hydrogens is 242 g/mol. The van der Waals surface area contributed by atoms with Crippen LogP contribution in [0.3, 0.4) is 0 Å². The van der Waals surface area contributed by atoms with Crippen LogP contribution >= 0.6 is 0 Å². The normalized spacial score (nSPS) is 19.1. The number of likely N-dealkylation sites (tertiary alicyclic amines) is 1. The van der Waals surface area contributed by atoms with Gasteiger partial charge in [0, 0.05) is 13.1 Å². The number of rotatable bonds is 4. The lowest BCUT2D eigenvalue weighted by Crippen LogP contribution is -2.45. The Bertz CT molecular complexity index is 312. The summed E-state index contributed by atoms with van der Waals surface area (Å²) in [5, 5.41) is 0. The van der Waals surface area contributed by atoms with Crippen LogP contribution in [0.15, 0.2) is 12.7 Å². The van der Waals surface area contributed by atoms with E-state index in [4.69, 9.17) is 9.47 Å². The molecule has 1 rings (SSSR count). The number of piperidine rings is 1. The highest BCUT2D eigenvalue weighted by atomic mass is 16.6. The highest BCUT2D eigenvalue weighted by Gasteiger charge is 2.33. The van der Waals surface area contributed by atoms with Crippen LogP contribution in [0.25, 0.3) is 0 Å². The molecule has 0 unspecified atom stereocenters. The van der Waals surface area contributed by atoms with Crippen molar-refractivity contribution in [2.75, 3.05) is 26.3 Å². The minimum absolute atomic E-state index is 0.154. The molecule has 1 heterocycles. The van der Waals surface area contributed by atoms with Crippen molar-refractivity contribution in [3.63, 3.8) is 0 Å². The SMILES string of the molecule is C=CCOCC1(C)CCN(C(=O)OC(C)(C)C)CC1. The molecule has 4 heteroatoms. The lowest BCUT2D eigenvalue weighted by atomic mass is 9.81. The van der Waals surface area contributed by atoms with Gasteiger partial charge in [-0.15, -0.1) is 6.58 Å². The first-order valence-electron chi connectivity index (χ1n) is 6.92. The molecule has 4 nitrogen and oxygen atoms in total. The monoisotopic (exact) mass is 269 g/mol. The highest BCUT2D eigenvalue weighted by Crippen LogP contribution is 2.31. The summed E-state index contributed by atoms with van der Waals surface area (Å²) in [6, 6.07) is 0. The number of hydrogen-bond donors (Lipinski definition) is 0. The third-order valence-corrected chi connectivity index (χ3v) is 3.31. The summed E-state index contributed by atoms with van der Waals surface area (Å²) in [5.74, 6) is 0. The second-order valence-corrected chi connectivity index (χ2v) is 6.58. The average molecular weight is 269 g/mol. The van der Waals surface area contributed by atoms with Crippen molar-refractivity contribution in [3.05, 3.63) is 12.7 Å². The fourth-order valence-electron chi connectivity index (χ4n) is 2.09. The molecule has 0 atom stereocenters. The molecule has 0 aromatic carbocycles. The van der Waals surface area contributed by atoms with Crippen LogP contribution in [0.4, 0.5) is 4.79 Å². The van der Waals surface area contributed by atoms with E-state index in [2.05, 4.69) is 13.5 Å². The Hall–Kier alpha value is -1.03. The molecule has 0 bridgehead atoms. The van der Waals surface area contributed by atoms with Gasteiger partial charge in [0.25, 0.3) is 0 Å². The Kier molecular flexibility index (Phi) is 5.41. The summed E-state index contributed by atoms with van der Waals surface area (Å²) >= 11 is 0. The maximum Gasteiger partial charge on any atom is 0.410 e. The quantitative estimate of drug-likeness (QED) is 0.581. The van der Waals surface area contributed by atoms with Crippen molar-refractivity contribution in [2.45, 2.75) is 46.1 Å². The van der Waals surface area contributed by atoms with Gasteiger partial charge in [0.15, 0.2) is 0 Å². The first-order valence-corrected chi connectivity index (χ1v) is 6.92. The van der Waals surface area contributed by atoms with Crippen LogP contribution in [0.2, 0.25) is 0 Å². The topological polar surface area (TPSA) is 38.8 Å². The molecule has 0 aromatic rings. The first-order chi connectivity index (χ1) is 8.76. The molecular formula is C15H27NO3. The summed E-state index contributed by atoms with van der Waals surface area (Å²) in [6.07, 6.45) is 3.45. The second-order valence-electron chi connectivity index (χ2n) is 6.58. The number of ether oxygens (including phenoxy) is 2. The van der Waals surface area contributed by atoms with E-state index < -0.39 is 5.60 Å². The number of nitrogens with zero attached hydrogens (tertiary/aromatic N) is 1. The Morgan fingerprint density at radius 1 is 1.37 bits per heavy atom. The van der Waals surface area contributed by atoms with E-state index in [9.17, 15) is 4.79 Å². The largest absolute Gasteiger partial charge is 0.444 e. The summed E-state index contributed by atoms with van der Waals surface area (Å²) < 4.78 is 10.9. The van der Waals surface area contributed by atoms with Crippen molar-refractivity contribution in [1.82, 2.24) is 4.90 Å². The number of carbonyl (C=O) groups is 1. The second kappa shape index (κ2) is 6.42. The maximum atomic E-state index is 11.9. The lowest BCUT2D eigenvalue weighted by molar-refractivity contribution is -0.00548. The molecule has 0 saturated carbocycles. The minimum atomic E-state index is -0.426. The molecule has 1 aliphatic rings.